The second kappa shape index (κ2) is 6.63. The van der Waals surface area contributed by atoms with Gasteiger partial charge in [-0.25, -0.2) is 0 Å². The van der Waals surface area contributed by atoms with E-state index in [4.69, 9.17) is 4.74 Å². The molecule has 3 nitrogen and oxygen atoms in total. The van der Waals surface area contributed by atoms with Crippen molar-refractivity contribution in [1.29, 1.82) is 0 Å². The number of ether oxygens (including phenoxy) is 1. The van der Waals surface area contributed by atoms with Gasteiger partial charge >= 0.3 is 10.8 Å². The number of hydrogen-bond donors (Lipinski definition) is 0. The van der Waals surface area contributed by atoms with Crippen LogP contribution in [-0.2, 0) is 14.3 Å². The average molecular weight is 470 g/mol. The summed E-state index contributed by atoms with van der Waals surface area (Å²) >= 11 is 5.34. The van der Waals surface area contributed by atoms with Crippen molar-refractivity contribution in [3.05, 3.63) is 23.8 Å². The van der Waals surface area contributed by atoms with Crippen LogP contribution in [0.1, 0.15) is 33.6 Å². The third-order valence-corrected chi connectivity index (χ3v) is 7.32. The molecule has 2 rings (SSSR count). The average Bonchev–Trinajstić information content (AvgIpc) is 2.93. The molecule has 0 bridgehead atoms. The van der Waals surface area contributed by atoms with Gasteiger partial charge in [-0.2, -0.15) is 8.78 Å². The number of allylic oxidation sites excluding steroid dienone is 2. The Bertz CT molecular complexity index is 607. The third kappa shape index (κ3) is 3.52. The lowest BCUT2D eigenvalue weighted by atomic mass is 10.1. The molecular formula is C17H20Br2F2O3. The highest BCUT2D eigenvalue weighted by molar-refractivity contribution is 9.12. The Morgan fingerprint density at radius 3 is 2.62 bits per heavy atom. The predicted octanol–water partition coefficient (Wildman–Crippen LogP) is 4.79. The van der Waals surface area contributed by atoms with Crippen molar-refractivity contribution in [2.24, 2.45) is 17.3 Å². The van der Waals surface area contributed by atoms with Crippen LogP contribution >= 0.6 is 31.9 Å². The van der Waals surface area contributed by atoms with Gasteiger partial charge in [-0.3, -0.25) is 9.59 Å². The first kappa shape index (κ1) is 19.8. The zero-order chi connectivity index (χ0) is 18.4. The molecule has 0 amide bonds. The van der Waals surface area contributed by atoms with Crippen LogP contribution in [-0.4, -0.2) is 27.5 Å². The monoisotopic (exact) mass is 468 g/mol. The Balaban J connectivity index is 2.09. The second-order valence-corrected chi connectivity index (χ2v) is 9.02. The lowest BCUT2D eigenvalue weighted by molar-refractivity contribution is -0.150. The maximum Gasteiger partial charge on any atom is 0.313 e. The lowest BCUT2D eigenvalue weighted by Crippen LogP contribution is -2.26. The van der Waals surface area contributed by atoms with Gasteiger partial charge < -0.3 is 4.74 Å². The van der Waals surface area contributed by atoms with Gasteiger partial charge in [0, 0.05) is 5.57 Å². The first-order valence-corrected chi connectivity index (χ1v) is 9.38. The summed E-state index contributed by atoms with van der Waals surface area (Å²) in [5.41, 5.74) is 0.760. The molecule has 2 aliphatic rings. The van der Waals surface area contributed by atoms with E-state index in [1.807, 2.05) is 0 Å². The number of hydrogen-bond acceptors (Lipinski definition) is 3. The van der Waals surface area contributed by atoms with E-state index >= 15 is 0 Å². The molecule has 0 N–H and O–H groups in total. The summed E-state index contributed by atoms with van der Waals surface area (Å²) in [5.74, 6) is -1.75. The summed E-state index contributed by atoms with van der Waals surface area (Å²) in [7, 11) is 0. The number of carbonyl (C=O) groups excluding carboxylic acids is 2. The van der Waals surface area contributed by atoms with Crippen LogP contribution in [0.2, 0.25) is 0 Å². The van der Waals surface area contributed by atoms with Crippen molar-refractivity contribution in [3.63, 3.8) is 0 Å². The minimum Gasteiger partial charge on any atom is -0.457 e. The quantitative estimate of drug-likeness (QED) is 0.319. The maximum atomic E-state index is 13.5. The van der Waals surface area contributed by atoms with Crippen molar-refractivity contribution in [3.8, 4) is 0 Å². The molecule has 0 spiro atoms. The molecule has 1 unspecified atom stereocenters. The third-order valence-electron chi connectivity index (χ3n) is 5.07. The fourth-order valence-corrected chi connectivity index (χ4v) is 4.77. The van der Waals surface area contributed by atoms with Crippen LogP contribution in [0.4, 0.5) is 8.78 Å². The molecular weight excluding hydrogens is 450 g/mol. The van der Waals surface area contributed by atoms with Crippen molar-refractivity contribution >= 4 is 43.6 Å². The van der Waals surface area contributed by atoms with E-state index < -0.39 is 39.0 Å². The molecule has 0 aromatic heterocycles. The lowest BCUT2D eigenvalue weighted by Gasteiger charge is -2.17. The number of alkyl halides is 4. The molecule has 0 aromatic carbocycles. The summed E-state index contributed by atoms with van der Waals surface area (Å²) in [6, 6.07) is 0. The summed E-state index contributed by atoms with van der Waals surface area (Å²) in [4.78, 5) is 20.2. The molecule has 0 radical (unpaired) electrons. The fraction of sp³-hybridized carbons (Fsp3) is 0.647. The van der Waals surface area contributed by atoms with E-state index in [0.717, 1.165) is 5.57 Å². The molecule has 24 heavy (non-hydrogen) atoms. The van der Waals surface area contributed by atoms with Crippen molar-refractivity contribution in [2.75, 3.05) is 0 Å². The van der Waals surface area contributed by atoms with Crippen molar-refractivity contribution in [1.82, 2.24) is 0 Å². The van der Waals surface area contributed by atoms with Gasteiger partial charge in [0.25, 0.3) is 0 Å². The van der Waals surface area contributed by atoms with E-state index in [1.165, 1.54) is 0 Å². The first-order valence-electron chi connectivity index (χ1n) is 7.68. The standard InChI is InChI=1S/C17H20Br2F2O3/c1-5-6-9-8(2)11(7-10(9)22)24-15(23)13-12(16(13,3)4)14(18)17(19,20)21/h5,11-14H,1,6-7H2,2-4H3/t11-,12-,13-,14?/m0/s1. The van der Waals surface area contributed by atoms with Crippen molar-refractivity contribution < 1.29 is 23.1 Å². The van der Waals surface area contributed by atoms with Gasteiger partial charge in [-0.05, 0) is 46.2 Å². The molecule has 0 heterocycles. The number of halogens is 4. The minimum absolute atomic E-state index is 0.0535. The van der Waals surface area contributed by atoms with Gasteiger partial charge in [0.15, 0.2) is 5.78 Å². The van der Waals surface area contributed by atoms with Gasteiger partial charge in [0.1, 0.15) is 6.10 Å². The highest BCUT2D eigenvalue weighted by Crippen LogP contribution is 2.64. The van der Waals surface area contributed by atoms with E-state index in [2.05, 4.69) is 38.4 Å². The van der Waals surface area contributed by atoms with E-state index in [0.29, 0.717) is 12.0 Å². The molecule has 1 fully saturated rings. The maximum absolute atomic E-state index is 13.5. The van der Waals surface area contributed by atoms with E-state index in [9.17, 15) is 18.4 Å². The molecule has 0 saturated heterocycles. The molecule has 2 aliphatic carbocycles. The SMILES string of the molecule is C=CCC1=C(C)[C@@H](OC(=O)[C@@H]2[C@@H](C(Br)C(F)(F)Br)C2(C)C)CC1=O. The molecule has 134 valence electrons. The molecule has 1 saturated carbocycles. The Kier molecular flexibility index (Phi) is 5.46. The van der Waals surface area contributed by atoms with E-state index in [-0.39, 0.29) is 12.2 Å². The predicted molar refractivity (Wildman–Crippen MR) is 94.4 cm³/mol. The number of rotatable bonds is 6. The first-order chi connectivity index (χ1) is 10.9. The van der Waals surface area contributed by atoms with Crippen LogP contribution in [0.25, 0.3) is 0 Å². The zero-order valence-electron chi connectivity index (χ0n) is 13.7. The number of esters is 1. The van der Waals surface area contributed by atoms with Crippen LogP contribution in [0.5, 0.6) is 0 Å². The summed E-state index contributed by atoms with van der Waals surface area (Å²) in [6.45, 7) is 8.91. The number of carbonyl (C=O) groups is 2. The Morgan fingerprint density at radius 1 is 1.54 bits per heavy atom. The fourth-order valence-electron chi connectivity index (χ4n) is 3.50. The van der Waals surface area contributed by atoms with E-state index in [1.54, 1.807) is 26.8 Å². The zero-order valence-corrected chi connectivity index (χ0v) is 16.9. The van der Waals surface area contributed by atoms with Crippen LogP contribution < -0.4 is 0 Å². The molecule has 7 heteroatoms. The highest BCUT2D eigenvalue weighted by Gasteiger charge is 2.68. The van der Waals surface area contributed by atoms with Crippen LogP contribution in [0.3, 0.4) is 0 Å². The summed E-state index contributed by atoms with van der Waals surface area (Å²) < 4.78 is 32.5. The number of Topliss-reactive ketones (excluding diaryl/α,β-unsaturated/α-hetero) is 1. The van der Waals surface area contributed by atoms with Crippen LogP contribution in [0.15, 0.2) is 23.8 Å². The molecule has 4 atom stereocenters. The Labute approximate surface area is 157 Å². The van der Waals surface area contributed by atoms with Gasteiger partial charge in [0.2, 0.25) is 0 Å². The topological polar surface area (TPSA) is 43.4 Å². The van der Waals surface area contributed by atoms with Gasteiger partial charge in [-0.15, -0.1) is 6.58 Å². The molecule has 0 aromatic rings. The Hall–Kier alpha value is -0.560. The second-order valence-electron chi connectivity index (χ2n) is 6.98. The molecule has 0 aliphatic heterocycles. The summed E-state index contributed by atoms with van der Waals surface area (Å²) in [6.07, 6.45) is 1.59. The smallest absolute Gasteiger partial charge is 0.313 e. The highest BCUT2D eigenvalue weighted by atomic mass is 79.9. The Morgan fingerprint density at radius 2 is 2.12 bits per heavy atom. The normalized spacial score (nSPS) is 30.3. The minimum atomic E-state index is -3.11. The van der Waals surface area contributed by atoms with Crippen molar-refractivity contribution in [2.45, 2.75) is 49.4 Å². The number of ketones is 1. The van der Waals surface area contributed by atoms with Crippen LogP contribution in [0, 0.1) is 17.3 Å². The van der Waals surface area contributed by atoms with Gasteiger partial charge in [0.05, 0.1) is 17.2 Å². The van der Waals surface area contributed by atoms with Gasteiger partial charge in [-0.1, -0.05) is 35.9 Å². The largest absolute Gasteiger partial charge is 0.457 e. The summed E-state index contributed by atoms with van der Waals surface area (Å²) in [5, 5.41) is 0.